The minimum atomic E-state index is -4.17. The molecule has 0 fully saturated rings. The van der Waals surface area contributed by atoms with Gasteiger partial charge in [-0.1, -0.05) is 50.1 Å². The molecule has 0 radical (unpaired) electrons. The summed E-state index contributed by atoms with van der Waals surface area (Å²) < 4.78 is 16.1. The van der Waals surface area contributed by atoms with E-state index in [4.69, 9.17) is 14.5 Å². The predicted molar refractivity (Wildman–Crippen MR) is 80.0 cm³/mol. The van der Waals surface area contributed by atoms with Crippen LogP contribution in [0.25, 0.3) is 0 Å². The Labute approximate surface area is 124 Å². The van der Waals surface area contributed by atoms with E-state index in [9.17, 15) is 9.36 Å². The van der Waals surface area contributed by atoms with E-state index in [0.717, 1.165) is 18.4 Å². The number of benzene rings is 1. The summed E-state index contributed by atoms with van der Waals surface area (Å²) in [6, 6.07) is 8.64. The molecule has 118 valence electrons. The summed E-state index contributed by atoms with van der Waals surface area (Å²) in [4.78, 5) is 29.7. The van der Waals surface area contributed by atoms with Gasteiger partial charge in [-0.05, 0) is 12.0 Å². The Kier molecular flexibility index (Phi) is 7.43. The van der Waals surface area contributed by atoms with E-state index in [0.29, 0.717) is 6.42 Å². The van der Waals surface area contributed by atoms with Gasteiger partial charge in [0.1, 0.15) is 6.61 Å². The zero-order valence-electron chi connectivity index (χ0n) is 12.1. The molecular formula is C14H22NO5P. The second-order valence-electron chi connectivity index (χ2n) is 4.89. The van der Waals surface area contributed by atoms with E-state index < -0.39 is 19.7 Å². The maximum absolute atomic E-state index is 11.7. The van der Waals surface area contributed by atoms with Crippen LogP contribution in [0.2, 0.25) is 0 Å². The smallest absolute Gasteiger partial charge is 0.407 e. The monoisotopic (exact) mass is 315 g/mol. The van der Waals surface area contributed by atoms with Gasteiger partial charge in [-0.25, -0.2) is 4.79 Å². The lowest BCUT2D eigenvalue weighted by Gasteiger charge is -2.18. The second-order valence-corrected chi connectivity index (χ2v) is 6.59. The first-order chi connectivity index (χ1) is 9.90. The van der Waals surface area contributed by atoms with E-state index in [1.54, 1.807) is 0 Å². The molecule has 1 aromatic rings. The molecule has 0 aliphatic rings. The number of carbonyl (C=O) groups is 1. The van der Waals surface area contributed by atoms with Crippen LogP contribution in [-0.2, 0) is 15.9 Å². The minimum absolute atomic E-state index is 0.128. The van der Waals surface area contributed by atoms with Crippen LogP contribution in [-0.4, -0.2) is 28.1 Å². The van der Waals surface area contributed by atoms with E-state index >= 15 is 0 Å². The van der Waals surface area contributed by atoms with Crippen LogP contribution in [0.15, 0.2) is 30.3 Å². The molecule has 1 rings (SSSR count). The Hall–Kier alpha value is -1.36. The summed E-state index contributed by atoms with van der Waals surface area (Å²) in [5, 5.41) is 2.53. The fraction of sp³-hybridized carbons (Fsp3) is 0.500. The average molecular weight is 315 g/mol. The van der Waals surface area contributed by atoms with Crippen LogP contribution in [0.1, 0.15) is 31.7 Å². The highest BCUT2D eigenvalue weighted by Gasteiger charge is 2.23. The maximum Gasteiger partial charge on any atom is 0.407 e. The number of unbranched alkanes of at least 4 members (excludes halogenated alkanes) is 1. The van der Waals surface area contributed by atoms with Crippen molar-refractivity contribution < 1.29 is 23.9 Å². The van der Waals surface area contributed by atoms with Crippen molar-refractivity contribution in [3.05, 3.63) is 35.9 Å². The molecular weight excluding hydrogens is 293 g/mol. The fourth-order valence-corrected chi connectivity index (χ4v) is 2.73. The molecule has 0 spiro atoms. The van der Waals surface area contributed by atoms with Crippen LogP contribution < -0.4 is 5.32 Å². The summed E-state index contributed by atoms with van der Waals surface area (Å²) in [5.41, 5.74) is 0.854. The number of hydrogen-bond donors (Lipinski definition) is 3. The van der Waals surface area contributed by atoms with Gasteiger partial charge in [0.15, 0.2) is 0 Å². The van der Waals surface area contributed by atoms with Crippen LogP contribution in [0.4, 0.5) is 4.79 Å². The maximum atomic E-state index is 11.7. The quantitative estimate of drug-likeness (QED) is 0.641. The SMILES string of the molecule is CCCC[C@H](CP(=O)(O)O)NC(=O)OCc1ccccc1. The Morgan fingerprint density at radius 3 is 2.57 bits per heavy atom. The van der Waals surface area contributed by atoms with Gasteiger partial charge in [0.25, 0.3) is 0 Å². The van der Waals surface area contributed by atoms with Gasteiger partial charge in [0.05, 0.1) is 6.16 Å². The summed E-state index contributed by atoms with van der Waals surface area (Å²) in [6.07, 6.45) is 1.16. The molecule has 6 nitrogen and oxygen atoms in total. The molecule has 0 saturated heterocycles. The number of alkyl carbamates (subject to hydrolysis) is 1. The average Bonchev–Trinajstić information content (AvgIpc) is 2.42. The van der Waals surface area contributed by atoms with Crippen LogP contribution >= 0.6 is 7.60 Å². The molecule has 1 amide bonds. The molecule has 0 bridgehead atoms. The highest BCUT2D eigenvalue weighted by molar-refractivity contribution is 7.51. The number of nitrogens with one attached hydrogen (secondary N) is 1. The van der Waals surface area contributed by atoms with Gasteiger partial charge in [0.2, 0.25) is 0 Å². The third-order valence-corrected chi connectivity index (χ3v) is 3.82. The van der Waals surface area contributed by atoms with Crippen molar-refractivity contribution in [3.8, 4) is 0 Å². The lowest BCUT2D eigenvalue weighted by atomic mass is 10.1. The van der Waals surface area contributed by atoms with Crippen molar-refractivity contribution in [2.24, 2.45) is 0 Å². The molecule has 0 aliphatic heterocycles. The van der Waals surface area contributed by atoms with Crippen LogP contribution in [0.3, 0.4) is 0 Å². The van der Waals surface area contributed by atoms with Gasteiger partial charge >= 0.3 is 13.7 Å². The van der Waals surface area contributed by atoms with E-state index in [2.05, 4.69) is 5.32 Å². The summed E-state index contributed by atoms with van der Waals surface area (Å²) in [7, 11) is -4.17. The zero-order chi connectivity index (χ0) is 15.7. The standard InChI is InChI=1S/C14H22NO5P/c1-2-3-9-13(11-21(17,18)19)15-14(16)20-10-12-7-5-4-6-8-12/h4-8,13H,2-3,9-11H2,1H3,(H,15,16)(H2,17,18,19)/t13-/m1/s1. The summed E-state index contributed by atoms with van der Waals surface area (Å²) >= 11 is 0. The van der Waals surface area contributed by atoms with Gasteiger partial charge < -0.3 is 19.8 Å². The van der Waals surface area contributed by atoms with Crippen molar-refractivity contribution in [3.63, 3.8) is 0 Å². The zero-order valence-corrected chi connectivity index (χ0v) is 13.0. The predicted octanol–water partition coefficient (Wildman–Crippen LogP) is 2.65. The molecule has 3 N–H and O–H groups in total. The molecule has 1 atom stereocenters. The van der Waals surface area contributed by atoms with Gasteiger partial charge in [0, 0.05) is 6.04 Å². The van der Waals surface area contributed by atoms with Crippen molar-refractivity contribution >= 4 is 13.7 Å². The first-order valence-electron chi connectivity index (χ1n) is 6.92. The van der Waals surface area contributed by atoms with Crippen molar-refractivity contribution in [1.29, 1.82) is 0 Å². The van der Waals surface area contributed by atoms with Gasteiger partial charge in [-0.3, -0.25) is 4.57 Å². The molecule has 0 saturated carbocycles. The molecule has 0 aliphatic carbocycles. The van der Waals surface area contributed by atoms with Crippen molar-refractivity contribution in [2.45, 2.75) is 38.8 Å². The molecule has 0 heterocycles. The number of amides is 1. The summed E-state index contributed by atoms with van der Waals surface area (Å²) in [6.45, 7) is 2.10. The van der Waals surface area contributed by atoms with Crippen molar-refractivity contribution in [2.75, 3.05) is 6.16 Å². The van der Waals surface area contributed by atoms with Crippen molar-refractivity contribution in [1.82, 2.24) is 5.32 Å². The third kappa shape index (κ3) is 8.50. The van der Waals surface area contributed by atoms with Crippen LogP contribution in [0, 0.1) is 0 Å². The van der Waals surface area contributed by atoms with Gasteiger partial charge in [-0.15, -0.1) is 0 Å². The molecule has 0 unspecified atom stereocenters. The second kappa shape index (κ2) is 8.82. The highest BCUT2D eigenvalue weighted by Crippen LogP contribution is 2.35. The lowest BCUT2D eigenvalue weighted by Crippen LogP contribution is -2.37. The number of hydrogen-bond acceptors (Lipinski definition) is 3. The molecule has 7 heteroatoms. The van der Waals surface area contributed by atoms with E-state index in [-0.39, 0.29) is 12.8 Å². The fourth-order valence-electron chi connectivity index (χ4n) is 1.88. The van der Waals surface area contributed by atoms with Crippen LogP contribution in [0.5, 0.6) is 0 Å². The third-order valence-electron chi connectivity index (χ3n) is 2.90. The Balaban J connectivity index is 2.45. The molecule has 1 aromatic carbocycles. The molecule has 21 heavy (non-hydrogen) atoms. The topological polar surface area (TPSA) is 95.9 Å². The largest absolute Gasteiger partial charge is 0.445 e. The van der Waals surface area contributed by atoms with E-state index in [1.165, 1.54) is 0 Å². The Morgan fingerprint density at radius 2 is 2.00 bits per heavy atom. The first-order valence-corrected chi connectivity index (χ1v) is 8.72. The minimum Gasteiger partial charge on any atom is -0.445 e. The van der Waals surface area contributed by atoms with E-state index in [1.807, 2.05) is 37.3 Å². The Morgan fingerprint density at radius 1 is 1.33 bits per heavy atom. The highest BCUT2D eigenvalue weighted by atomic mass is 31.2. The number of ether oxygens (including phenoxy) is 1. The summed E-state index contributed by atoms with van der Waals surface area (Å²) in [5.74, 6) is 0. The number of carbonyl (C=O) groups excluding carboxylic acids is 1. The molecule has 0 aromatic heterocycles. The first kappa shape index (κ1) is 17.7. The van der Waals surface area contributed by atoms with Gasteiger partial charge in [-0.2, -0.15) is 0 Å². The Bertz CT molecular complexity index is 474. The lowest BCUT2D eigenvalue weighted by molar-refractivity contribution is 0.135. The normalized spacial score (nSPS) is 12.7. The number of rotatable bonds is 8.